The number of rotatable bonds is 1. The lowest BCUT2D eigenvalue weighted by Crippen LogP contribution is -2.49. The third kappa shape index (κ3) is 3.18. The predicted molar refractivity (Wildman–Crippen MR) is 103 cm³/mol. The van der Waals surface area contributed by atoms with E-state index < -0.39 is 0 Å². The van der Waals surface area contributed by atoms with Crippen LogP contribution in [0.3, 0.4) is 0 Å². The molecule has 1 aliphatic rings. The summed E-state index contributed by atoms with van der Waals surface area (Å²) in [5.41, 5.74) is 3.84. The molecule has 0 saturated heterocycles. The number of nitrogens with zero attached hydrogens (tertiary/aromatic N) is 3. The molecule has 4 rings (SSSR count). The first-order valence-electron chi connectivity index (χ1n) is 8.85. The molecule has 0 atom stereocenters. The maximum absolute atomic E-state index is 13.3. The Bertz CT molecular complexity index is 1000. The normalized spacial score (nSPS) is 13.1. The zero-order chi connectivity index (χ0) is 19.2. The maximum atomic E-state index is 13.3. The Balaban J connectivity index is 1.81. The van der Waals surface area contributed by atoms with Crippen LogP contribution < -0.4 is 10.2 Å². The van der Waals surface area contributed by atoms with Crippen LogP contribution in [0.4, 0.5) is 14.9 Å². The molecule has 1 N–H and O–H groups in total. The molecule has 2 heterocycles. The highest BCUT2D eigenvalue weighted by molar-refractivity contribution is 5.95. The lowest BCUT2D eigenvalue weighted by Gasteiger charge is -2.33. The Labute approximate surface area is 157 Å². The number of anilines is 1. The first-order valence-corrected chi connectivity index (χ1v) is 8.85. The summed E-state index contributed by atoms with van der Waals surface area (Å²) in [6, 6.07) is 13.8. The number of hydrogen-bond acceptors (Lipinski definition) is 2. The van der Waals surface area contributed by atoms with Crippen molar-refractivity contribution in [3.05, 3.63) is 66.4 Å². The van der Waals surface area contributed by atoms with Gasteiger partial charge in [0, 0.05) is 11.1 Å². The van der Waals surface area contributed by atoms with Crippen molar-refractivity contribution in [1.82, 2.24) is 14.9 Å². The number of nitrogens with one attached hydrogen (secondary N) is 1. The lowest BCUT2D eigenvalue weighted by atomic mass is 10.1. The van der Waals surface area contributed by atoms with Gasteiger partial charge in [0.1, 0.15) is 12.1 Å². The van der Waals surface area contributed by atoms with Crippen molar-refractivity contribution < 1.29 is 9.18 Å². The molecular weight excluding hydrogens is 343 g/mol. The Morgan fingerprint density at radius 1 is 1.07 bits per heavy atom. The van der Waals surface area contributed by atoms with E-state index in [1.807, 2.05) is 49.6 Å². The standard InChI is InChI=1S/C21H21FN4O/c1-21(2,3)24-20(27)25-12-18-19(14-8-10-15(22)11-9-14)23-13-26(18)17-7-5-4-6-16(17)25/h4-11,13H,12H2,1-3H3,(H,24,27). The van der Waals surface area contributed by atoms with Crippen LogP contribution in [-0.4, -0.2) is 21.1 Å². The van der Waals surface area contributed by atoms with Crippen molar-refractivity contribution in [3.63, 3.8) is 0 Å². The third-order valence-corrected chi connectivity index (χ3v) is 4.45. The van der Waals surface area contributed by atoms with Crippen LogP contribution in [0.15, 0.2) is 54.9 Å². The fraction of sp³-hybridized carbons (Fsp3) is 0.238. The van der Waals surface area contributed by atoms with Crippen LogP contribution in [0.25, 0.3) is 16.9 Å². The van der Waals surface area contributed by atoms with Gasteiger partial charge in [-0.1, -0.05) is 12.1 Å². The van der Waals surface area contributed by atoms with E-state index in [0.29, 0.717) is 6.54 Å². The lowest BCUT2D eigenvalue weighted by molar-refractivity contribution is 0.237. The number of hydrogen-bond donors (Lipinski definition) is 1. The Kier molecular flexibility index (Phi) is 3.98. The molecule has 0 aliphatic carbocycles. The highest BCUT2D eigenvalue weighted by atomic mass is 19.1. The molecule has 0 unspecified atom stereocenters. The Hall–Kier alpha value is -3.15. The number of fused-ring (bicyclic) bond motifs is 3. The van der Waals surface area contributed by atoms with Gasteiger partial charge in [-0.25, -0.2) is 14.2 Å². The van der Waals surface area contributed by atoms with E-state index in [2.05, 4.69) is 10.3 Å². The maximum Gasteiger partial charge on any atom is 0.322 e. The first kappa shape index (κ1) is 17.3. The average molecular weight is 364 g/mol. The molecule has 1 aromatic heterocycles. The first-order chi connectivity index (χ1) is 12.8. The summed E-state index contributed by atoms with van der Waals surface area (Å²) in [6.07, 6.45) is 1.76. The van der Waals surface area contributed by atoms with Crippen molar-refractivity contribution in [2.45, 2.75) is 32.9 Å². The summed E-state index contributed by atoms with van der Waals surface area (Å²) in [5, 5.41) is 3.03. The second-order valence-corrected chi connectivity index (χ2v) is 7.67. The molecular formula is C21H21FN4O. The monoisotopic (exact) mass is 364 g/mol. The summed E-state index contributed by atoms with van der Waals surface area (Å²) < 4.78 is 15.3. The number of para-hydroxylation sites is 2. The van der Waals surface area contributed by atoms with E-state index >= 15 is 0 Å². The molecule has 138 valence electrons. The van der Waals surface area contributed by atoms with Crippen LogP contribution in [0.5, 0.6) is 0 Å². The Morgan fingerprint density at radius 2 is 1.74 bits per heavy atom. The van der Waals surface area contributed by atoms with Gasteiger partial charge in [0.05, 0.1) is 29.3 Å². The molecule has 5 nitrogen and oxygen atoms in total. The number of halogens is 1. The van der Waals surface area contributed by atoms with Gasteiger partial charge in [-0.15, -0.1) is 0 Å². The summed E-state index contributed by atoms with van der Waals surface area (Å²) in [7, 11) is 0. The van der Waals surface area contributed by atoms with E-state index in [-0.39, 0.29) is 17.4 Å². The van der Waals surface area contributed by atoms with Crippen LogP contribution in [0.2, 0.25) is 0 Å². The highest BCUT2D eigenvalue weighted by Crippen LogP contribution is 2.36. The number of amides is 2. The van der Waals surface area contributed by atoms with Gasteiger partial charge in [0.15, 0.2) is 0 Å². The summed E-state index contributed by atoms with van der Waals surface area (Å²) in [4.78, 5) is 19.2. The smallest absolute Gasteiger partial charge is 0.322 e. The largest absolute Gasteiger partial charge is 0.333 e. The van der Waals surface area contributed by atoms with E-state index in [1.165, 1.54) is 12.1 Å². The van der Waals surface area contributed by atoms with Crippen molar-refractivity contribution in [2.75, 3.05) is 4.90 Å². The number of carbonyl (C=O) groups excluding carboxylic acids is 1. The summed E-state index contributed by atoms with van der Waals surface area (Å²) in [5.74, 6) is -0.289. The van der Waals surface area contributed by atoms with Crippen LogP contribution in [-0.2, 0) is 6.54 Å². The van der Waals surface area contributed by atoms with Crippen molar-refractivity contribution in [1.29, 1.82) is 0 Å². The second-order valence-electron chi connectivity index (χ2n) is 7.67. The van der Waals surface area contributed by atoms with Gasteiger partial charge < -0.3 is 5.32 Å². The predicted octanol–water partition coefficient (Wildman–Crippen LogP) is 4.51. The zero-order valence-corrected chi connectivity index (χ0v) is 15.5. The average Bonchev–Trinajstić information content (AvgIpc) is 3.04. The van der Waals surface area contributed by atoms with Crippen molar-refractivity contribution in [3.8, 4) is 16.9 Å². The SMILES string of the molecule is CC(C)(C)NC(=O)N1Cc2c(-c3ccc(F)cc3)ncn2-c2ccccc21. The van der Waals surface area contributed by atoms with E-state index in [0.717, 1.165) is 28.3 Å². The molecule has 1 aliphatic heterocycles. The van der Waals surface area contributed by atoms with Gasteiger partial charge in [0.2, 0.25) is 0 Å². The second kappa shape index (κ2) is 6.23. The Morgan fingerprint density at radius 3 is 2.41 bits per heavy atom. The third-order valence-electron chi connectivity index (χ3n) is 4.45. The quantitative estimate of drug-likeness (QED) is 0.691. The van der Waals surface area contributed by atoms with E-state index in [4.69, 9.17) is 0 Å². The molecule has 2 aromatic carbocycles. The molecule has 6 heteroatoms. The highest BCUT2D eigenvalue weighted by Gasteiger charge is 2.30. The molecule has 0 saturated carbocycles. The minimum Gasteiger partial charge on any atom is -0.333 e. The van der Waals surface area contributed by atoms with Crippen LogP contribution in [0.1, 0.15) is 26.5 Å². The number of imidazole rings is 1. The van der Waals surface area contributed by atoms with Crippen molar-refractivity contribution in [2.24, 2.45) is 0 Å². The molecule has 27 heavy (non-hydrogen) atoms. The number of carbonyl (C=O) groups is 1. The molecule has 2 amide bonds. The van der Waals surface area contributed by atoms with E-state index in [9.17, 15) is 9.18 Å². The number of benzene rings is 2. The van der Waals surface area contributed by atoms with Gasteiger partial charge in [-0.05, 0) is 57.2 Å². The molecule has 0 fully saturated rings. The van der Waals surface area contributed by atoms with Gasteiger partial charge >= 0.3 is 6.03 Å². The summed E-state index contributed by atoms with van der Waals surface area (Å²) in [6.45, 7) is 6.24. The zero-order valence-electron chi connectivity index (χ0n) is 15.5. The van der Waals surface area contributed by atoms with Crippen molar-refractivity contribution >= 4 is 11.7 Å². The number of urea groups is 1. The fourth-order valence-corrected chi connectivity index (χ4v) is 3.28. The topological polar surface area (TPSA) is 50.2 Å². The molecule has 0 bridgehead atoms. The number of aromatic nitrogens is 2. The summed E-state index contributed by atoms with van der Waals surface area (Å²) >= 11 is 0. The van der Waals surface area contributed by atoms with Gasteiger partial charge in [-0.2, -0.15) is 0 Å². The van der Waals surface area contributed by atoms with Crippen LogP contribution in [0, 0.1) is 5.82 Å². The van der Waals surface area contributed by atoms with Gasteiger partial charge in [-0.3, -0.25) is 9.47 Å². The van der Waals surface area contributed by atoms with Crippen LogP contribution >= 0.6 is 0 Å². The molecule has 0 spiro atoms. The van der Waals surface area contributed by atoms with Gasteiger partial charge in [0.25, 0.3) is 0 Å². The fourth-order valence-electron chi connectivity index (χ4n) is 3.28. The van der Waals surface area contributed by atoms with E-state index in [1.54, 1.807) is 23.4 Å². The minimum absolute atomic E-state index is 0.160. The minimum atomic E-state index is -0.344. The molecule has 3 aromatic rings. The molecule has 0 radical (unpaired) electrons.